The van der Waals surface area contributed by atoms with E-state index in [0.717, 1.165) is 19.3 Å². The third-order valence-corrected chi connectivity index (χ3v) is 10.8. The number of ketones is 1. The summed E-state index contributed by atoms with van der Waals surface area (Å²) in [6, 6.07) is 13.9. The maximum atomic E-state index is 14.7. The Balaban J connectivity index is 1.25. The second kappa shape index (κ2) is 15.8. The number of amides is 3. The van der Waals surface area contributed by atoms with Gasteiger partial charge in [0.25, 0.3) is 5.91 Å². The van der Waals surface area contributed by atoms with Crippen molar-refractivity contribution in [2.45, 2.75) is 116 Å². The molecule has 4 aliphatic rings. The minimum absolute atomic E-state index is 0.0110. The van der Waals surface area contributed by atoms with Gasteiger partial charge in [0.05, 0.1) is 17.7 Å². The first-order valence-electron chi connectivity index (χ1n) is 19.4. The van der Waals surface area contributed by atoms with Crippen LogP contribution in [0.3, 0.4) is 0 Å². The summed E-state index contributed by atoms with van der Waals surface area (Å²) in [4.78, 5) is 61.1. The molecular weight excluding hydrogens is 674 g/mol. The number of ether oxygens (including phenoxy) is 4. The van der Waals surface area contributed by atoms with E-state index in [1.54, 1.807) is 30.8 Å². The second-order valence-corrected chi connectivity index (χ2v) is 16.5. The minimum atomic E-state index is -1.03. The van der Waals surface area contributed by atoms with Crippen molar-refractivity contribution in [3.05, 3.63) is 53.6 Å². The topological polar surface area (TPSA) is 115 Å². The van der Waals surface area contributed by atoms with Gasteiger partial charge in [0.15, 0.2) is 5.60 Å². The molecule has 6 rings (SSSR count). The van der Waals surface area contributed by atoms with Crippen LogP contribution in [0, 0.1) is 11.8 Å². The maximum absolute atomic E-state index is 14.7. The van der Waals surface area contributed by atoms with E-state index in [0.29, 0.717) is 62.6 Å². The van der Waals surface area contributed by atoms with Crippen LogP contribution in [-0.4, -0.2) is 91.9 Å². The minimum Gasteiger partial charge on any atom is -0.476 e. The van der Waals surface area contributed by atoms with Crippen LogP contribution >= 0.6 is 0 Å². The van der Waals surface area contributed by atoms with Gasteiger partial charge < -0.3 is 33.6 Å². The normalized spacial score (nSPS) is 23.6. The van der Waals surface area contributed by atoms with E-state index in [9.17, 15) is 19.2 Å². The Morgan fingerprint density at radius 2 is 1.77 bits per heavy atom. The highest BCUT2D eigenvalue weighted by molar-refractivity contribution is 6.04. The summed E-state index contributed by atoms with van der Waals surface area (Å²) in [5.74, 6) is -0.668. The Hall–Kier alpha value is -3.96. The first kappa shape index (κ1) is 38.8. The number of fused-ring (bicyclic) bond motifs is 2. The van der Waals surface area contributed by atoms with Crippen molar-refractivity contribution in [3.63, 3.8) is 0 Å². The van der Waals surface area contributed by atoms with E-state index in [2.05, 4.69) is 12.1 Å². The number of hydrogen-bond acceptors (Lipinski definition) is 8. The molecule has 0 unspecified atom stereocenters. The Morgan fingerprint density at radius 3 is 2.47 bits per heavy atom. The maximum Gasteiger partial charge on any atom is 0.410 e. The molecule has 1 saturated carbocycles. The van der Waals surface area contributed by atoms with Crippen molar-refractivity contribution in [2.24, 2.45) is 11.8 Å². The Morgan fingerprint density at radius 1 is 1.04 bits per heavy atom. The zero-order chi connectivity index (χ0) is 38.1. The van der Waals surface area contributed by atoms with Gasteiger partial charge in [-0.1, -0.05) is 24.3 Å². The Bertz CT molecular complexity index is 1680. The van der Waals surface area contributed by atoms with Crippen LogP contribution in [0.2, 0.25) is 0 Å². The molecule has 2 aromatic carbocycles. The lowest BCUT2D eigenvalue weighted by Gasteiger charge is -2.40. The summed E-state index contributed by atoms with van der Waals surface area (Å²) in [7, 11) is 1.64. The van der Waals surface area contributed by atoms with Crippen molar-refractivity contribution in [3.8, 4) is 5.75 Å². The van der Waals surface area contributed by atoms with Gasteiger partial charge >= 0.3 is 6.09 Å². The standard InChI is InChI=1S/C42H57N3O8/c1-8-51-37-23-27-12-9-10-13-32(27)33(37)17-18-35(46)28-22-29(26-43(25-28)40(49)53-41(2,3)4)38(47)45(30-14-15-30)31-16-19-36-34(24-31)44(20-11-21-50-7)39(48)42(5,6)52-36/h9-10,12-13,16,19,24,28-30,33,37H,8,11,14-15,17-18,20-23,25-26H2,1-7H3/t28-,29+,33+,37+/m0/s1. The molecular formula is C42H57N3O8. The van der Waals surface area contributed by atoms with Crippen molar-refractivity contribution < 1.29 is 38.1 Å². The average Bonchev–Trinajstić information content (AvgIpc) is 3.88. The number of methoxy groups -OCH3 is 1. The number of carbonyl (C=O) groups excluding carboxylic acids is 4. The van der Waals surface area contributed by atoms with Crippen molar-refractivity contribution in [2.75, 3.05) is 49.8 Å². The first-order chi connectivity index (χ1) is 25.2. The van der Waals surface area contributed by atoms with E-state index in [4.69, 9.17) is 18.9 Å². The fraction of sp³-hybridized carbons (Fsp3) is 0.619. The molecule has 1 saturated heterocycles. The molecule has 0 N–H and O–H groups in total. The van der Waals surface area contributed by atoms with Crippen LogP contribution in [0.1, 0.15) is 97.1 Å². The molecule has 0 aromatic heterocycles. The van der Waals surface area contributed by atoms with Crippen molar-refractivity contribution in [1.29, 1.82) is 0 Å². The van der Waals surface area contributed by atoms with Crippen LogP contribution in [0.5, 0.6) is 5.75 Å². The molecule has 2 aromatic rings. The van der Waals surface area contributed by atoms with Crippen molar-refractivity contribution >= 4 is 35.1 Å². The Kier molecular flexibility index (Phi) is 11.5. The quantitative estimate of drug-likeness (QED) is 0.210. The molecule has 2 aliphatic carbocycles. The SMILES string of the molecule is CCO[C@@H]1Cc2ccccc2[C@H]1CCC(=O)[C@H]1C[C@@H](C(=O)N(c2ccc3c(c2)N(CCCOC)C(=O)C(C)(C)O3)C2CC2)CN(C(=O)OC(C)(C)C)C1. The summed E-state index contributed by atoms with van der Waals surface area (Å²) in [6.07, 6.45) is 3.99. The number of benzene rings is 2. The van der Waals surface area contributed by atoms with Gasteiger partial charge in [0, 0.05) is 69.9 Å². The highest BCUT2D eigenvalue weighted by atomic mass is 16.6. The number of Topliss-reactive ketones (excluding diaryl/α,β-unsaturated/α-hetero) is 1. The smallest absolute Gasteiger partial charge is 0.410 e. The number of nitrogens with zero attached hydrogens (tertiary/aromatic N) is 3. The molecule has 53 heavy (non-hydrogen) atoms. The van der Waals surface area contributed by atoms with Crippen LogP contribution in [0.15, 0.2) is 42.5 Å². The number of rotatable bonds is 13. The molecule has 11 nitrogen and oxygen atoms in total. The number of anilines is 2. The van der Waals surface area contributed by atoms with Crippen molar-refractivity contribution in [1.82, 2.24) is 4.90 Å². The lowest BCUT2D eigenvalue weighted by atomic mass is 9.82. The zero-order valence-corrected chi connectivity index (χ0v) is 32.5. The summed E-state index contributed by atoms with van der Waals surface area (Å²) in [6.45, 7) is 12.9. The predicted octanol–water partition coefficient (Wildman–Crippen LogP) is 6.69. The lowest BCUT2D eigenvalue weighted by Crippen LogP contribution is -2.53. The number of carbonyl (C=O) groups is 4. The Labute approximate surface area is 314 Å². The van der Waals surface area contributed by atoms with Crippen LogP contribution < -0.4 is 14.5 Å². The summed E-state index contributed by atoms with van der Waals surface area (Å²) in [5, 5.41) is 0. The molecule has 3 amide bonds. The monoisotopic (exact) mass is 731 g/mol. The third-order valence-electron chi connectivity index (χ3n) is 10.8. The molecule has 2 fully saturated rings. The number of piperidine rings is 1. The van der Waals surface area contributed by atoms with Crippen LogP contribution in [0.4, 0.5) is 16.2 Å². The van der Waals surface area contributed by atoms with Gasteiger partial charge in [-0.25, -0.2) is 4.79 Å². The van der Waals surface area contributed by atoms with Gasteiger partial charge in [0.1, 0.15) is 17.1 Å². The van der Waals surface area contributed by atoms with E-state index in [1.165, 1.54) is 11.1 Å². The molecule has 0 spiro atoms. The largest absolute Gasteiger partial charge is 0.476 e. The highest BCUT2D eigenvalue weighted by Crippen LogP contribution is 2.44. The van der Waals surface area contributed by atoms with Gasteiger partial charge in [-0.15, -0.1) is 0 Å². The fourth-order valence-electron chi connectivity index (χ4n) is 8.20. The predicted molar refractivity (Wildman–Crippen MR) is 202 cm³/mol. The van der Waals surface area contributed by atoms with Gasteiger partial charge in [-0.05, 0) is 109 Å². The third kappa shape index (κ3) is 8.72. The van der Waals surface area contributed by atoms with E-state index < -0.39 is 29.1 Å². The number of hydrogen-bond donors (Lipinski definition) is 0. The fourth-order valence-corrected chi connectivity index (χ4v) is 8.20. The summed E-state index contributed by atoms with van der Waals surface area (Å²) < 4.78 is 23.3. The van der Waals surface area contributed by atoms with Gasteiger partial charge in [-0.3, -0.25) is 14.4 Å². The van der Waals surface area contributed by atoms with Gasteiger partial charge in [-0.2, -0.15) is 0 Å². The summed E-state index contributed by atoms with van der Waals surface area (Å²) in [5.41, 5.74) is 2.03. The van der Waals surface area contributed by atoms with E-state index in [1.807, 2.05) is 62.9 Å². The van der Waals surface area contributed by atoms with E-state index in [-0.39, 0.29) is 48.8 Å². The average molecular weight is 732 g/mol. The number of likely N-dealkylation sites (tertiary alicyclic amines) is 1. The molecule has 11 heteroatoms. The molecule has 4 atom stereocenters. The zero-order valence-electron chi connectivity index (χ0n) is 32.5. The summed E-state index contributed by atoms with van der Waals surface area (Å²) >= 11 is 0. The lowest BCUT2D eigenvalue weighted by molar-refractivity contribution is -0.132. The molecule has 0 bridgehead atoms. The van der Waals surface area contributed by atoms with Crippen LogP contribution in [-0.2, 0) is 35.0 Å². The van der Waals surface area contributed by atoms with Gasteiger partial charge in [0.2, 0.25) is 5.91 Å². The van der Waals surface area contributed by atoms with E-state index >= 15 is 0 Å². The second-order valence-electron chi connectivity index (χ2n) is 16.5. The molecule has 0 radical (unpaired) electrons. The first-order valence-corrected chi connectivity index (χ1v) is 19.4. The molecule has 288 valence electrons. The molecule has 2 aliphatic heterocycles. The highest BCUT2D eigenvalue weighted by Gasteiger charge is 2.45. The molecule has 2 heterocycles. The van der Waals surface area contributed by atoms with Crippen LogP contribution in [0.25, 0.3) is 0 Å².